The van der Waals surface area contributed by atoms with Crippen LogP contribution < -0.4 is 20.1 Å². The molecule has 0 atom stereocenters. The summed E-state index contributed by atoms with van der Waals surface area (Å²) < 4.78 is 11.4. The van der Waals surface area contributed by atoms with Crippen molar-refractivity contribution in [1.29, 1.82) is 0 Å². The van der Waals surface area contributed by atoms with Crippen LogP contribution in [-0.2, 0) is 9.59 Å². The van der Waals surface area contributed by atoms with E-state index in [-0.39, 0.29) is 18.4 Å². The SMILES string of the molecule is CC(=O)Nc1ccccc1OCC(=O)Nc1ccccc1Oc1ccccc1. The van der Waals surface area contributed by atoms with Crippen LogP contribution in [0.3, 0.4) is 0 Å². The Morgan fingerprint density at radius 2 is 1.32 bits per heavy atom. The number of anilines is 2. The number of rotatable bonds is 7. The molecule has 6 heteroatoms. The van der Waals surface area contributed by atoms with E-state index in [0.29, 0.717) is 28.6 Å². The Hall–Kier alpha value is -3.80. The van der Waals surface area contributed by atoms with E-state index in [1.54, 1.807) is 42.5 Å². The van der Waals surface area contributed by atoms with E-state index in [9.17, 15) is 9.59 Å². The number of benzene rings is 3. The number of nitrogens with one attached hydrogen (secondary N) is 2. The van der Waals surface area contributed by atoms with Crippen LogP contribution in [0.25, 0.3) is 0 Å². The molecule has 0 saturated carbocycles. The van der Waals surface area contributed by atoms with Crippen LogP contribution in [0.2, 0.25) is 0 Å². The summed E-state index contributed by atoms with van der Waals surface area (Å²) in [6.45, 7) is 1.20. The third kappa shape index (κ3) is 5.35. The summed E-state index contributed by atoms with van der Waals surface area (Å²) in [6, 6.07) is 23.4. The van der Waals surface area contributed by atoms with Gasteiger partial charge in [-0.15, -0.1) is 0 Å². The average Bonchev–Trinajstić information content (AvgIpc) is 2.69. The summed E-state index contributed by atoms with van der Waals surface area (Å²) in [5.41, 5.74) is 1.05. The van der Waals surface area contributed by atoms with Crippen molar-refractivity contribution >= 4 is 23.2 Å². The predicted octanol–water partition coefficient (Wildman–Crippen LogP) is 4.45. The molecule has 0 spiro atoms. The smallest absolute Gasteiger partial charge is 0.262 e. The molecule has 0 aliphatic heterocycles. The zero-order valence-corrected chi connectivity index (χ0v) is 15.3. The number of amides is 2. The largest absolute Gasteiger partial charge is 0.482 e. The molecule has 2 amide bonds. The van der Waals surface area contributed by atoms with Crippen molar-refractivity contribution in [1.82, 2.24) is 0 Å². The van der Waals surface area contributed by atoms with Gasteiger partial charge in [0.25, 0.3) is 5.91 Å². The fourth-order valence-electron chi connectivity index (χ4n) is 2.49. The summed E-state index contributed by atoms with van der Waals surface area (Å²) in [6.07, 6.45) is 0. The average molecular weight is 376 g/mol. The molecule has 3 aromatic rings. The van der Waals surface area contributed by atoms with Crippen molar-refractivity contribution in [2.24, 2.45) is 0 Å². The first-order valence-electron chi connectivity index (χ1n) is 8.73. The maximum Gasteiger partial charge on any atom is 0.262 e. The quantitative estimate of drug-likeness (QED) is 0.638. The molecular formula is C22H20N2O4. The number of para-hydroxylation sites is 5. The summed E-state index contributed by atoms with van der Waals surface area (Å²) in [5, 5.41) is 5.45. The Morgan fingerprint density at radius 3 is 2.00 bits per heavy atom. The third-order valence-electron chi connectivity index (χ3n) is 3.69. The van der Waals surface area contributed by atoms with Crippen LogP contribution in [0.5, 0.6) is 17.2 Å². The summed E-state index contributed by atoms with van der Waals surface area (Å²) in [4.78, 5) is 23.6. The normalized spacial score (nSPS) is 10.0. The first kappa shape index (κ1) is 19.0. The second-order valence-electron chi connectivity index (χ2n) is 5.93. The van der Waals surface area contributed by atoms with Crippen LogP contribution in [0.1, 0.15) is 6.92 Å². The molecule has 0 aromatic heterocycles. The molecule has 0 unspecified atom stereocenters. The number of hydrogen-bond acceptors (Lipinski definition) is 4. The van der Waals surface area contributed by atoms with Gasteiger partial charge in [0.15, 0.2) is 12.4 Å². The number of carbonyl (C=O) groups is 2. The van der Waals surface area contributed by atoms with Crippen LogP contribution in [-0.4, -0.2) is 18.4 Å². The highest BCUT2D eigenvalue weighted by Crippen LogP contribution is 2.29. The van der Waals surface area contributed by atoms with Gasteiger partial charge in [-0.25, -0.2) is 0 Å². The van der Waals surface area contributed by atoms with Crippen molar-refractivity contribution < 1.29 is 19.1 Å². The molecule has 0 saturated heterocycles. The minimum Gasteiger partial charge on any atom is -0.482 e. The molecule has 0 fully saturated rings. The van der Waals surface area contributed by atoms with Gasteiger partial charge in [0.2, 0.25) is 5.91 Å². The van der Waals surface area contributed by atoms with Gasteiger partial charge in [0.1, 0.15) is 11.5 Å². The Morgan fingerprint density at radius 1 is 0.750 bits per heavy atom. The van der Waals surface area contributed by atoms with Gasteiger partial charge in [-0.05, 0) is 36.4 Å². The lowest BCUT2D eigenvalue weighted by molar-refractivity contribution is -0.118. The molecule has 3 aromatic carbocycles. The van der Waals surface area contributed by atoms with Gasteiger partial charge in [-0.1, -0.05) is 42.5 Å². The lowest BCUT2D eigenvalue weighted by atomic mass is 10.2. The molecule has 28 heavy (non-hydrogen) atoms. The van der Waals surface area contributed by atoms with Gasteiger partial charge < -0.3 is 20.1 Å². The van der Waals surface area contributed by atoms with Crippen molar-refractivity contribution in [3.05, 3.63) is 78.9 Å². The van der Waals surface area contributed by atoms with Crippen LogP contribution in [0.4, 0.5) is 11.4 Å². The third-order valence-corrected chi connectivity index (χ3v) is 3.69. The maximum absolute atomic E-state index is 12.3. The zero-order chi connectivity index (χ0) is 19.8. The molecule has 0 aliphatic rings. The Kier molecular flexibility index (Phi) is 6.25. The van der Waals surface area contributed by atoms with Gasteiger partial charge in [-0.2, -0.15) is 0 Å². The van der Waals surface area contributed by atoms with Gasteiger partial charge in [0, 0.05) is 6.92 Å². The van der Waals surface area contributed by atoms with Crippen molar-refractivity contribution in [3.63, 3.8) is 0 Å². The first-order chi connectivity index (χ1) is 13.6. The molecule has 2 N–H and O–H groups in total. The van der Waals surface area contributed by atoms with E-state index in [0.717, 1.165) is 0 Å². The van der Waals surface area contributed by atoms with Crippen molar-refractivity contribution in [2.45, 2.75) is 6.92 Å². The first-order valence-corrected chi connectivity index (χ1v) is 8.73. The Bertz CT molecular complexity index is 958. The van der Waals surface area contributed by atoms with E-state index in [1.807, 2.05) is 36.4 Å². The van der Waals surface area contributed by atoms with Crippen LogP contribution >= 0.6 is 0 Å². The standard InChI is InChI=1S/C22H20N2O4/c1-16(25)23-18-11-5-7-13-20(18)27-15-22(26)24-19-12-6-8-14-21(19)28-17-9-3-2-4-10-17/h2-14H,15H2,1H3,(H,23,25)(H,24,26). The molecule has 0 bridgehead atoms. The van der Waals surface area contributed by atoms with Crippen molar-refractivity contribution in [3.8, 4) is 17.2 Å². The van der Waals surface area contributed by atoms with E-state index in [2.05, 4.69) is 10.6 Å². The van der Waals surface area contributed by atoms with Crippen LogP contribution in [0.15, 0.2) is 78.9 Å². The molecular weight excluding hydrogens is 356 g/mol. The van der Waals surface area contributed by atoms with Crippen molar-refractivity contribution in [2.75, 3.05) is 17.2 Å². The predicted molar refractivity (Wildman–Crippen MR) is 108 cm³/mol. The molecule has 6 nitrogen and oxygen atoms in total. The van der Waals surface area contributed by atoms with Gasteiger partial charge >= 0.3 is 0 Å². The van der Waals surface area contributed by atoms with Gasteiger partial charge in [0.05, 0.1) is 11.4 Å². The maximum atomic E-state index is 12.3. The number of hydrogen-bond donors (Lipinski definition) is 2. The molecule has 3 rings (SSSR count). The monoisotopic (exact) mass is 376 g/mol. The second-order valence-corrected chi connectivity index (χ2v) is 5.93. The zero-order valence-electron chi connectivity index (χ0n) is 15.3. The number of ether oxygens (including phenoxy) is 2. The summed E-state index contributed by atoms with van der Waals surface area (Å²) >= 11 is 0. The molecule has 142 valence electrons. The minimum absolute atomic E-state index is 0.212. The molecule has 0 radical (unpaired) electrons. The lowest BCUT2D eigenvalue weighted by Gasteiger charge is -2.14. The molecule has 0 heterocycles. The van der Waals surface area contributed by atoms with E-state index in [4.69, 9.17) is 9.47 Å². The fourth-order valence-corrected chi connectivity index (χ4v) is 2.49. The Labute approximate surface area is 163 Å². The minimum atomic E-state index is -0.346. The fraction of sp³-hybridized carbons (Fsp3) is 0.0909. The Balaban J connectivity index is 1.64. The highest BCUT2D eigenvalue weighted by Gasteiger charge is 2.11. The molecule has 0 aliphatic carbocycles. The van der Waals surface area contributed by atoms with E-state index < -0.39 is 0 Å². The highest BCUT2D eigenvalue weighted by molar-refractivity contribution is 5.94. The highest BCUT2D eigenvalue weighted by atomic mass is 16.5. The number of carbonyl (C=O) groups excluding carboxylic acids is 2. The summed E-state index contributed by atoms with van der Waals surface area (Å²) in [7, 11) is 0. The van der Waals surface area contributed by atoms with Crippen LogP contribution in [0, 0.1) is 0 Å². The summed E-state index contributed by atoms with van der Waals surface area (Å²) in [5.74, 6) is 1.06. The second kappa shape index (κ2) is 9.23. The van der Waals surface area contributed by atoms with E-state index >= 15 is 0 Å². The van der Waals surface area contributed by atoms with E-state index in [1.165, 1.54) is 6.92 Å². The topological polar surface area (TPSA) is 76.7 Å². The lowest BCUT2D eigenvalue weighted by Crippen LogP contribution is -2.21. The van der Waals surface area contributed by atoms with Gasteiger partial charge in [-0.3, -0.25) is 9.59 Å².